The molecule has 3 rings (SSSR count). The number of nitrogens with two attached hydrogens (primary N) is 1. The summed E-state index contributed by atoms with van der Waals surface area (Å²) in [5, 5.41) is 11.3. The molecule has 0 aliphatic heterocycles. The van der Waals surface area contributed by atoms with Crippen molar-refractivity contribution >= 4 is 35.1 Å². The number of aromatic nitrogens is 4. The van der Waals surface area contributed by atoms with Crippen LogP contribution in [-0.2, 0) is 4.79 Å². The van der Waals surface area contributed by atoms with Crippen molar-refractivity contribution in [2.24, 2.45) is 0 Å². The van der Waals surface area contributed by atoms with E-state index in [4.69, 9.17) is 17.4 Å². The van der Waals surface area contributed by atoms with E-state index in [0.29, 0.717) is 27.4 Å². The van der Waals surface area contributed by atoms with E-state index in [1.165, 1.54) is 35.1 Å². The summed E-state index contributed by atoms with van der Waals surface area (Å²) in [6.45, 7) is -2.90. The number of nitrogens with zero attached hydrogens (tertiary/aromatic N) is 4. The van der Waals surface area contributed by atoms with Gasteiger partial charge < -0.3 is 15.9 Å². The molecule has 0 aliphatic carbocycles. The van der Waals surface area contributed by atoms with Crippen molar-refractivity contribution in [1.82, 2.24) is 19.9 Å². The van der Waals surface area contributed by atoms with Gasteiger partial charge in [-0.25, -0.2) is 9.66 Å². The number of amides is 1. The molecule has 0 unspecified atom stereocenters. The normalized spacial score (nSPS) is 10.9. The number of carbonyl (C=O) groups is 1. The van der Waals surface area contributed by atoms with E-state index in [2.05, 4.69) is 25.2 Å². The van der Waals surface area contributed by atoms with Gasteiger partial charge in [-0.3, -0.25) is 4.79 Å². The Kier molecular flexibility index (Phi) is 6.26. The van der Waals surface area contributed by atoms with Gasteiger partial charge >= 0.3 is 6.61 Å². The second-order valence-corrected chi connectivity index (χ2v) is 6.66. The first-order valence-corrected chi connectivity index (χ1v) is 9.08. The molecular weight excluding hydrogens is 414 g/mol. The van der Waals surface area contributed by atoms with Gasteiger partial charge in [-0.05, 0) is 36.4 Å². The molecule has 0 spiro atoms. The van der Waals surface area contributed by atoms with E-state index in [9.17, 15) is 13.6 Å². The largest absolute Gasteiger partial charge is 0.435 e. The molecule has 1 aromatic carbocycles. The van der Waals surface area contributed by atoms with Crippen LogP contribution in [0.25, 0.3) is 11.4 Å². The van der Waals surface area contributed by atoms with Gasteiger partial charge in [0.05, 0.1) is 10.8 Å². The summed E-state index contributed by atoms with van der Waals surface area (Å²) >= 11 is 6.82. The molecule has 12 heteroatoms. The van der Waals surface area contributed by atoms with E-state index in [-0.39, 0.29) is 17.4 Å². The molecule has 3 N–H and O–H groups in total. The van der Waals surface area contributed by atoms with Crippen LogP contribution < -0.4 is 15.9 Å². The summed E-state index contributed by atoms with van der Waals surface area (Å²) in [5.41, 5.74) is 0.554. The molecule has 0 saturated heterocycles. The maximum Gasteiger partial charge on any atom is 0.387 e. The van der Waals surface area contributed by atoms with E-state index in [1.54, 1.807) is 12.1 Å². The second-order valence-electron chi connectivity index (χ2n) is 5.28. The summed E-state index contributed by atoms with van der Waals surface area (Å²) in [4.78, 5) is 16.0. The van der Waals surface area contributed by atoms with Crippen LogP contribution >= 0.6 is 23.4 Å². The Labute approximate surface area is 167 Å². The Balaban J connectivity index is 1.61. The Bertz CT molecular complexity index is 953. The second kappa shape index (κ2) is 8.85. The minimum Gasteiger partial charge on any atom is -0.435 e. The van der Waals surface area contributed by atoms with Crippen LogP contribution in [0, 0.1) is 0 Å². The average Bonchev–Trinajstić information content (AvgIpc) is 3.03. The predicted octanol–water partition coefficient (Wildman–Crippen LogP) is 3.04. The molecule has 0 radical (unpaired) electrons. The number of halogens is 3. The summed E-state index contributed by atoms with van der Waals surface area (Å²) in [7, 11) is 0. The number of pyridine rings is 1. The first-order chi connectivity index (χ1) is 13.4. The first-order valence-electron chi connectivity index (χ1n) is 7.72. The number of anilines is 1. The fourth-order valence-corrected chi connectivity index (χ4v) is 2.88. The Morgan fingerprint density at radius 1 is 1.25 bits per heavy atom. The third kappa shape index (κ3) is 5.08. The van der Waals surface area contributed by atoms with Crippen molar-refractivity contribution < 1.29 is 18.3 Å². The van der Waals surface area contributed by atoms with Crippen molar-refractivity contribution in [2.45, 2.75) is 11.8 Å². The number of nitrogens with one attached hydrogen (secondary N) is 1. The number of rotatable bonds is 7. The first kappa shape index (κ1) is 19.8. The minimum atomic E-state index is -2.90. The van der Waals surface area contributed by atoms with Gasteiger partial charge in [-0.1, -0.05) is 23.4 Å². The third-order valence-electron chi connectivity index (χ3n) is 3.33. The Morgan fingerprint density at radius 2 is 2.00 bits per heavy atom. The number of benzene rings is 1. The molecule has 146 valence electrons. The van der Waals surface area contributed by atoms with Crippen LogP contribution in [0.15, 0.2) is 47.8 Å². The zero-order chi connectivity index (χ0) is 20.1. The van der Waals surface area contributed by atoms with Gasteiger partial charge in [0.2, 0.25) is 11.1 Å². The highest BCUT2D eigenvalue weighted by atomic mass is 35.5. The molecular formula is C16H13ClF2N6O2S. The van der Waals surface area contributed by atoms with Crippen LogP contribution in [0.5, 0.6) is 5.75 Å². The molecule has 8 nitrogen and oxygen atoms in total. The van der Waals surface area contributed by atoms with Crippen molar-refractivity contribution in [3.8, 4) is 17.1 Å². The van der Waals surface area contributed by atoms with E-state index in [1.807, 2.05) is 0 Å². The monoisotopic (exact) mass is 426 g/mol. The van der Waals surface area contributed by atoms with E-state index in [0.717, 1.165) is 11.8 Å². The molecule has 0 saturated carbocycles. The zero-order valence-corrected chi connectivity index (χ0v) is 15.6. The lowest BCUT2D eigenvalue weighted by molar-refractivity contribution is -0.113. The van der Waals surface area contributed by atoms with Crippen molar-refractivity contribution in [3.63, 3.8) is 0 Å². The SMILES string of the molecule is Nn1c(SCC(=O)Nc2ccc(Cl)cn2)nnc1-c1ccc(OC(F)F)cc1. The van der Waals surface area contributed by atoms with Gasteiger partial charge in [0.15, 0.2) is 5.82 Å². The molecule has 28 heavy (non-hydrogen) atoms. The summed E-state index contributed by atoms with van der Waals surface area (Å²) in [6.07, 6.45) is 1.42. The third-order valence-corrected chi connectivity index (χ3v) is 4.50. The molecule has 0 bridgehead atoms. The number of hydrogen-bond donors (Lipinski definition) is 2. The van der Waals surface area contributed by atoms with Crippen molar-refractivity contribution in [3.05, 3.63) is 47.6 Å². The number of hydrogen-bond acceptors (Lipinski definition) is 7. The lowest BCUT2D eigenvalue weighted by Crippen LogP contribution is -2.17. The quantitative estimate of drug-likeness (QED) is 0.441. The van der Waals surface area contributed by atoms with Crippen LogP contribution in [0.4, 0.5) is 14.6 Å². The summed E-state index contributed by atoms with van der Waals surface area (Å²) in [5.74, 6) is 6.39. The number of alkyl halides is 2. The average molecular weight is 427 g/mol. The molecule has 0 aliphatic rings. The van der Waals surface area contributed by atoms with Gasteiger partial charge in [0.1, 0.15) is 11.6 Å². The van der Waals surface area contributed by atoms with E-state index >= 15 is 0 Å². The fraction of sp³-hybridized carbons (Fsp3) is 0.125. The van der Waals surface area contributed by atoms with Gasteiger partial charge in [0.25, 0.3) is 0 Å². The van der Waals surface area contributed by atoms with E-state index < -0.39 is 6.61 Å². The number of nitrogen functional groups attached to an aromatic ring is 1. The summed E-state index contributed by atoms with van der Waals surface area (Å²) in [6, 6.07) is 8.98. The van der Waals surface area contributed by atoms with Crippen molar-refractivity contribution in [1.29, 1.82) is 0 Å². The van der Waals surface area contributed by atoms with Gasteiger partial charge in [-0.15, -0.1) is 10.2 Å². The maximum atomic E-state index is 12.2. The number of ether oxygens (including phenoxy) is 1. The smallest absolute Gasteiger partial charge is 0.387 e. The highest BCUT2D eigenvalue weighted by Crippen LogP contribution is 2.24. The Morgan fingerprint density at radius 3 is 2.64 bits per heavy atom. The Hall–Kier alpha value is -2.92. The molecule has 1 amide bonds. The molecule has 2 aromatic heterocycles. The number of thioether (sulfide) groups is 1. The van der Waals surface area contributed by atoms with Crippen LogP contribution in [0.3, 0.4) is 0 Å². The fourth-order valence-electron chi connectivity index (χ4n) is 2.12. The lowest BCUT2D eigenvalue weighted by Gasteiger charge is -2.06. The predicted molar refractivity (Wildman–Crippen MR) is 101 cm³/mol. The van der Waals surface area contributed by atoms with Crippen LogP contribution in [0.2, 0.25) is 5.02 Å². The number of carbonyl (C=O) groups excluding carboxylic acids is 1. The van der Waals surface area contributed by atoms with Gasteiger partial charge in [-0.2, -0.15) is 8.78 Å². The van der Waals surface area contributed by atoms with Gasteiger partial charge in [0, 0.05) is 11.8 Å². The molecule has 0 atom stereocenters. The highest BCUT2D eigenvalue weighted by molar-refractivity contribution is 7.99. The topological polar surface area (TPSA) is 108 Å². The van der Waals surface area contributed by atoms with Crippen molar-refractivity contribution in [2.75, 3.05) is 16.9 Å². The highest BCUT2D eigenvalue weighted by Gasteiger charge is 2.14. The minimum absolute atomic E-state index is 0.0175. The van der Waals surface area contributed by atoms with Crippen LogP contribution in [-0.4, -0.2) is 38.1 Å². The van der Waals surface area contributed by atoms with Crippen LogP contribution in [0.1, 0.15) is 0 Å². The summed E-state index contributed by atoms with van der Waals surface area (Å²) < 4.78 is 29.9. The standard InChI is InChI=1S/C16H13ClF2N6O2S/c17-10-3-6-12(21-7-10)22-13(26)8-28-16-24-23-14(25(16)20)9-1-4-11(5-2-9)27-15(18)19/h1-7,15H,8,20H2,(H,21,22,26). The molecule has 3 aromatic rings. The lowest BCUT2D eigenvalue weighted by atomic mass is 10.2. The zero-order valence-electron chi connectivity index (χ0n) is 14.1. The molecule has 2 heterocycles. The molecule has 0 fully saturated rings. The maximum absolute atomic E-state index is 12.2.